The molecule has 8 nitrogen and oxygen atoms in total. The topological polar surface area (TPSA) is 98.1 Å². The number of aryl methyl sites for hydroxylation is 2. The molecule has 0 aliphatic heterocycles. The molecule has 9 heteroatoms. The average molecular weight is 466 g/mol. The number of hydrogen-bond acceptors (Lipinski definition) is 6. The number of thioether (sulfide) groups is 1. The van der Waals surface area contributed by atoms with Crippen LogP contribution < -0.4 is 15.4 Å². The summed E-state index contributed by atoms with van der Waals surface area (Å²) in [5, 5.41) is 14.7. The van der Waals surface area contributed by atoms with Crippen LogP contribution in [-0.2, 0) is 22.6 Å². The van der Waals surface area contributed by atoms with Crippen LogP contribution in [-0.4, -0.2) is 39.4 Å². The van der Waals surface area contributed by atoms with E-state index in [1.165, 1.54) is 11.8 Å². The van der Waals surface area contributed by atoms with Gasteiger partial charge in [0.2, 0.25) is 11.8 Å². The van der Waals surface area contributed by atoms with Crippen LogP contribution in [0.2, 0.25) is 0 Å². The number of benzene rings is 2. The van der Waals surface area contributed by atoms with Gasteiger partial charge in [-0.05, 0) is 49.7 Å². The number of hydrogen-bond donors (Lipinski definition) is 2. The molecule has 0 bridgehead atoms. The fourth-order valence-electron chi connectivity index (χ4n) is 3.16. The molecule has 0 saturated heterocycles. The van der Waals surface area contributed by atoms with Crippen molar-refractivity contribution in [1.29, 1.82) is 0 Å². The van der Waals surface area contributed by atoms with Gasteiger partial charge in [0.1, 0.15) is 11.6 Å². The third kappa shape index (κ3) is 6.69. The van der Waals surface area contributed by atoms with E-state index in [4.69, 9.17) is 4.74 Å². The number of rotatable bonds is 10. The van der Waals surface area contributed by atoms with Crippen LogP contribution in [0.1, 0.15) is 17.0 Å². The van der Waals surface area contributed by atoms with Gasteiger partial charge >= 0.3 is 0 Å². The summed E-state index contributed by atoms with van der Waals surface area (Å²) >= 11 is 1.25. The summed E-state index contributed by atoms with van der Waals surface area (Å²) in [5.41, 5.74) is 3.58. The van der Waals surface area contributed by atoms with E-state index < -0.39 is 0 Å². The van der Waals surface area contributed by atoms with Crippen molar-refractivity contribution in [1.82, 2.24) is 14.8 Å². The lowest BCUT2D eigenvalue weighted by Crippen LogP contribution is -2.18. The van der Waals surface area contributed by atoms with Crippen LogP contribution in [0.4, 0.5) is 11.4 Å². The molecular weight excluding hydrogens is 438 g/mol. The zero-order valence-electron chi connectivity index (χ0n) is 18.9. The van der Waals surface area contributed by atoms with Gasteiger partial charge in [0.05, 0.1) is 19.3 Å². The Kier molecular flexibility index (Phi) is 8.26. The molecule has 2 amide bonds. The van der Waals surface area contributed by atoms with Crippen LogP contribution in [0.25, 0.3) is 0 Å². The number of methoxy groups -OCH3 is 1. The van der Waals surface area contributed by atoms with Crippen LogP contribution in [0.5, 0.6) is 5.75 Å². The first-order chi connectivity index (χ1) is 15.9. The molecule has 0 radical (unpaired) electrons. The number of nitrogens with one attached hydrogen (secondary N) is 2. The van der Waals surface area contributed by atoms with Gasteiger partial charge in [0, 0.05) is 17.9 Å². The molecule has 3 rings (SSSR count). The van der Waals surface area contributed by atoms with Crippen LogP contribution >= 0.6 is 11.8 Å². The van der Waals surface area contributed by atoms with Gasteiger partial charge in [-0.3, -0.25) is 9.59 Å². The Morgan fingerprint density at radius 2 is 1.85 bits per heavy atom. The van der Waals surface area contributed by atoms with Crippen LogP contribution in [0.3, 0.4) is 0 Å². The second kappa shape index (κ2) is 11.3. The number of nitrogens with zero attached hydrogens (tertiary/aromatic N) is 3. The van der Waals surface area contributed by atoms with E-state index in [0.717, 1.165) is 16.8 Å². The van der Waals surface area contributed by atoms with Gasteiger partial charge in [-0.25, -0.2) is 0 Å². The molecule has 172 valence electrons. The summed E-state index contributed by atoms with van der Waals surface area (Å²) in [7, 11) is 1.59. The standard InChI is InChI=1S/C24H27N5O3S/c1-5-12-29-21(14-22(30)26-20-11-6-16(2)13-17(20)3)27-28-24(29)33-15-23(31)25-18-7-9-19(32-4)10-8-18/h5-11,13H,1,12,14-15H2,2-4H3,(H,25,31)(H,26,30). The van der Waals surface area contributed by atoms with Crippen molar-refractivity contribution in [3.63, 3.8) is 0 Å². The highest BCUT2D eigenvalue weighted by molar-refractivity contribution is 7.99. The first-order valence-electron chi connectivity index (χ1n) is 10.4. The predicted molar refractivity (Wildman–Crippen MR) is 131 cm³/mol. The molecule has 0 atom stereocenters. The smallest absolute Gasteiger partial charge is 0.234 e. The Hall–Kier alpha value is -3.59. The number of carbonyl (C=O) groups excluding carboxylic acids is 2. The van der Waals surface area contributed by atoms with Crippen molar-refractivity contribution in [2.75, 3.05) is 23.5 Å². The van der Waals surface area contributed by atoms with E-state index in [1.54, 1.807) is 42.0 Å². The van der Waals surface area contributed by atoms with Crippen molar-refractivity contribution in [2.45, 2.75) is 32.0 Å². The first kappa shape index (κ1) is 24.1. The Balaban J connectivity index is 1.61. The normalized spacial score (nSPS) is 10.5. The molecule has 0 saturated carbocycles. The molecule has 33 heavy (non-hydrogen) atoms. The van der Waals surface area contributed by atoms with E-state index in [-0.39, 0.29) is 24.0 Å². The number of ether oxygens (including phenoxy) is 1. The Morgan fingerprint density at radius 1 is 1.09 bits per heavy atom. The lowest BCUT2D eigenvalue weighted by molar-refractivity contribution is -0.116. The minimum atomic E-state index is -0.187. The molecule has 0 aliphatic rings. The third-order valence-corrected chi connectivity index (χ3v) is 5.75. The van der Waals surface area contributed by atoms with Gasteiger partial charge in [-0.15, -0.1) is 16.8 Å². The molecule has 3 aromatic rings. The van der Waals surface area contributed by atoms with Gasteiger partial charge in [-0.2, -0.15) is 0 Å². The van der Waals surface area contributed by atoms with E-state index in [0.29, 0.717) is 29.0 Å². The summed E-state index contributed by atoms with van der Waals surface area (Å²) < 4.78 is 6.91. The summed E-state index contributed by atoms with van der Waals surface area (Å²) in [6.45, 7) is 8.17. The number of carbonyl (C=O) groups is 2. The number of allylic oxidation sites excluding steroid dienone is 1. The average Bonchev–Trinajstić information content (AvgIpc) is 3.16. The molecule has 2 aromatic carbocycles. The predicted octanol–water partition coefficient (Wildman–Crippen LogP) is 4.00. The summed E-state index contributed by atoms with van der Waals surface area (Å²) in [5.74, 6) is 1.01. The fourth-order valence-corrected chi connectivity index (χ4v) is 3.93. The van der Waals surface area contributed by atoms with Crippen molar-refractivity contribution >= 4 is 35.0 Å². The monoisotopic (exact) mass is 465 g/mol. The van der Waals surface area contributed by atoms with Crippen LogP contribution in [0.15, 0.2) is 60.3 Å². The molecule has 0 aliphatic carbocycles. The second-order valence-electron chi connectivity index (χ2n) is 7.41. The van der Waals surface area contributed by atoms with Gasteiger partial charge in [0.15, 0.2) is 5.16 Å². The summed E-state index contributed by atoms with van der Waals surface area (Å²) in [4.78, 5) is 24.9. The lowest BCUT2D eigenvalue weighted by Gasteiger charge is -2.10. The number of amides is 2. The van der Waals surface area contributed by atoms with Crippen LogP contribution in [0, 0.1) is 13.8 Å². The number of anilines is 2. The molecule has 0 spiro atoms. The highest BCUT2D eigenvalue weighted by Gasteiger charge is 2.17. The molecule has 1 heterocycles. The first-order valence-corrected chi connectivity index (χ1v) is 11.3. The molecular formula is C24H27N5O3S. The maximum atomic E-state index is 12.6. The molecule has 2 N–H and O–H groups in total. The highest BCUT2D eigenvalue weighted by atomic mass is 32.2. The zero-order valence-corrected chi connectivity index (χ0v) is 19.7. The zero-order chi connectivity index (χ0) is 23.8. The van der Waals surface area contributed by atoms with Gasteiger partial charge in [0.25, 0.3) is 0 Å². The minimum Gasteiger partial charge on any atom is -0.497 e. The molecule has 0 fully saturated rings. The lowest BCUT2D eigenvalue weighted by atomic mass is 10.1. The van der Waals surface area contributed by atoms with Crippen molar-refractivity contribution < 1.29 is 14.3 Å². The Morgan fingerprint density at radius 3 is 2.52 bits per heavy atom. The largest absolute Gasteiger partial charge is 0.497 e. The van der Waals surface area contributed by atoms with Crippen molar-refractivity contribution in [2.24, 2.45) is 0 Å². The van der Waals surface area contributed by atoms with Crippen molar-refractivity contribution in [3.05, 3.63) is 72.1 Å². The van der Waals surface area contributed by atoms with E-state index in [1.807, 2.05) is 32.0 Å². The Bertz CT molecular complexity index is 1140. The summed E-state index contributed by atoms with van der Waals surface area (Å²) in [6.07, 6.45) is 1.77. The van der Waals surface area contributed by atoms with Gasteiger partial charge < -0.3 is 19.9 Å². The molecule has 0 unspecified atom stereocenters. The van der Waals surface area contributed by atoms with E-state index in [2.05, 4.69) is 27.4 Å². The third-order valence-electron chi connectivity index (χ3n) is 4.79. The maximum Gasteiger partial charge on any atom is 0.234 e. The maximum absolute atomic E-state index is 12.6. The van der Waals surface area contributed by atoms with Gasteiger partial charge in [-0.1, -0.05) is 35.5 Å². The van der Waals surface area contributed by atoms with Crippen molar-refractivity contribution in [3.8, 4) is 5.75 Å². The second-order valence-corrected chi connectivity index (χ2v) is 8.35. The quantitative estimate of drug-likeness (QED) is 0.347. The van der Waals surface area contributed by atoms with E-state index >= 15 is 0 Å². The SMILES string of the molecule is C=CCn1c(CC(=O)Nc2ccc(C)cc2C)nnc1SCC(=O)Nc1ccc(OC)cc1. The molecule has 1 aromatic heterocycles. The van der Waals surface area contributed by atoms with E-state index in [9.17, 15) is 9.59 Å². The highest BCUT2D eigenvalue weighted by Crippen LogP contribution is 2.20. The fraction of sp³-hybridized carbons (Fsp3) is 0.250. The Labute approximate surface area is 197 Å². The summed E-state index contributed by atoms with van der Waals surface area (Å²) in [6, 6.07) is 13.0. The number of aromatic nitrogens is 3. The minimum absolute atomic E-state index is 0.0623.